The molecule has 1 heterocycles. The lowest BCUT2D eigenvalue weighted by molar-refractivity contribution is 0.683. The van der Waals surface area contributed by atoms with Crippen LogP contribution in [0.4, 0.5) is 5.82 Å². The van der Waals surface area contributed by atoms with Crippen LogP contribution in [0.5, 0.6) is 0 Å². The summed E-state index contributed by atoms with van der Waals surface area (Å²) in [6.07, 6.45) is 1.40. The van der Waals surface area contributed by atoms with E-state index in [4.69, 9.17) is 23.2 Å². The maximum absolute atomic E-state index is 12.0. The number of aryl methyl sites for hydroxylation is 1. The van der Waals surface area contributed by atoms with Crippen molar-refractivity contribution in [2.45, 2.75) is 12.8 Å². The second-order valence-electron chi connectivity index (χ2n) is 5.31. The molecule has 0 amide bonds. The van der Waals surface area contributed by atoms with E-state index >= 15 is 0 Å². The second kappa shape index (κ2) is 7.56. The number of halogens is 2. The van der Waals surface area contributed by atoms with Crippen molar-refractivity contribution < 1.29 is 0 Å². The molecular formula is C16H16Cl2N4O2. The van der Waals surface area contributed by atoms with E-state index in [9.17, 15) is 14.9 Å². The van der Waals surface area contributed by atoms with Crippen molar-refractivity contribution >= 4 is 29.0 Å². The molecule has 0 aliphatic rings. The van der Waals surface area contributed by atoms with Gasteiger partial charge in [0.25, 0.3) is 5.56 Å². The van der Waals surface area contributed by atoms with E-state index in [1.54, 1.807) is 12.1 Å². The van der Waals surface area contributed by atoms with Crippen LogP contribution in [-0.2, 0) is 20.5 Å². The zero-order chi connectivity index (χ0) is 17.9. The molecule has 2 aromatic rings. The van der Waals surface area contributed by atoms with Gasteiger partial charge in [0, 0.05) is 30.7 Å². The summed E-state index contributed by atoms with van der Waals surface area (Å²) in [5.41, 5.74) is -0.212. The van der Waals surface area contributed by atoms with Gasteiger partial charge in [-0.15, -0.1) is 0 Å². The molecule has 126 valence electrons. The maximum Gasteiger partial charge on any atom is 0.332 e. The van der Waals surface area contributed by atoms with Gasteiger partial charge in [-0.2, -0.15) is 5.26 Å². The van der Waals surface area contributed by atoms with Crippen LogP contribution in [-0.4, -0.2) is 15.7 Å². The van der Waals surface area contributed by atoms with Gasteiger partial charge in [-0.05, 0) is 30.5 Å². The molecule has 0 saturated heterocycles. The van der Waals surface area contributed by atoms with E-state index < -0.39 is 11.2 Å². The van der Waals surface area contributed by atoms with Gasteiger partial charge in [0.15, 0.2) is 5.56 Å². The van der Waals surface area contributed by atoms with Crippen LogP contribution >= 0.6 is 23.2 Å². The number of hydrogen-bond acceptors (Lipinski definition) is 4. The molecule has 0 spiro atoms. The summed E-state index contributed by atoms with van der Waals surface area (Å²) >= 11 is 12.0. The number of benzene rings is 1. The highest BCUT2D eigenvalue weighted by atomic mass is 35.5. The van der Waals surface area contributed by atoms with E-state index in [0.29, 0.717) is 29.4 Å². The first-order chi connectivity index (χ1) is 11.4. The lowest BCUT2D eigenvalue weighted by Crippen LogP contribution is -2.40. The zero-order valence-corrected chi connectivity index (χ0v) is 14.8. The summed E-state index contributed by atoms with van der Waals surface area (Å²) in [5.74, 6) is 0.229. The van der Waals surface area contributed by atoms with Gasteiger partial charge in [-0.1, -0.05) is 29.3 Å². The minimum atomic E-state index is -0.608. The SMILES string of the molecule is Cn1c(NCCCc2ccc(Cl)cc2Cl)c(C#N)c(=O)n(C)c1=O. The number of nitriles is 1. The first-order valence-electron chi connectivity index (χ1n) is 7.24. The molecule has 0 bridgehead atoms. The molecule has 1 aromatic heterocycles. The molecule has 0 unspecified atom stereocenters. The minimum absolute atomic E-state index is 0.0795. The summed E-state index contributed by atoms with van der Waals surface area (Å²) < 4.78 is 2.17. The van der Waals surface area contributed by atoms with E-state index in [-0.39, 0.29) is 11.4 Å². The van der Waals surface area contributed by atoms with Crippen molar-refractivity contribution in [1.82, 2.24) is 9.13 Å². The van der Waals surface area contributed by atoms with Crippen LogP contribution in [0, 0.1) is 11.3 Å². The molecule has 0 radical (unpaired) electrons. The Kier molecular flexibility index (Phi) is 5.71. The Morgan fingerprint density at radius 1 is 1.21 bits per heavy atom. The number of anilines is 1. The first kappa shape index (κ1) is 18.1. The Morgan fingerprint density at radius 2 is 1.92 bits per heavy atom. The summed E-state index contributed by atoms with van der Waals surface area (Å²) in [5, 5.41) is 13.4. The van der Waals surface area contributed by atoms with Crippen LogP contribution in [0.25, 0.3) is 0 Å². The molecular weight excluding hydrogens is 351 g/mol. The Bertz CT molecular complexity index is 925. The van der Waals surface area contributed by atoms with Gasteiger partial charge in [-0.3, -0.25) is 13.9 Å². The van der Waals surface area contributed by atoms with Crippen molar-refractivity contribution in [2.75, 3.05) is 11.9 Å². The van der Waals surface area contributed by atoms with Crippen LogP contribution < -0.4 is 16.6 Å². The van der Waals surface area contributed by atoms with Gasteiger partial charge < -0.3 is 5.32 Å². The predicted molar refractivity (Wildman–Crippen MR) is 94.9 cm³/mol. The Morgan fingerprint density at radius 3 is 2.54 bits per heavy atom. The monoisotopic (exact) mass is 366 g/mol. The van der Waals surface area contributed by atoms with Crippen LogP contribution in [0.15, 0.2) is 27.8 Å². The van der Waals surface area contributed by atoms with Crippen molar-refractivity contribution in [3.63, 3.8) is 0 Å². The third kappa shape index (κ3) is 3.64. The molecule has 6 nitrogen and oxygen atoms in total. The predicted octanol–water partition coefficient (Wildman–Crippen LogP) is 2.31. The Hall–Kier alpha value is -2.23. The molecule has 0 aliphatic carbocycles. The van der Waals surface area contributed by atoms with Gasteiger partial charge in [0.05, 0.1) is 0 Å². The summed E-state index contributed by atoms with van der Waals surface area (Å²) in [7, 11) is 2.86. The largest absolute Gasteiger partial charge is 0.370 e. The second-order valence-corrected chi connectivity index (χ2v) is 6.15. The fraction of sp³-hybridized carbons (Fsp3) is 0.312. The average Bonchev–Trinajstić information content (AvgIpc) is 2.55. The van der Waals surface area contributed by atoms with Gasteiger partial charge in [-0.25, -0.2) is 4.79 Å². The average molecular weight is 367 g/mol. The molecule has 1 N–H and O–H groups in total. The normalized spacial score (nSPS) is 10.5. The fourth-order valence-corrected chi connectivity index (χ4v) is 2.87. The highest BCUT2D eigenvalue weighted by Crippen LogP contribution is 2.22. The van der Waals surface area contributed by atoms with Gasteiger partial charge in [0.2, 0.25) is 0 Å². The van der Waals surface area contributed by atoms with E-state index in [0.717, 1.165) is 10.1 Å². The molecule has 24 heavy (non-hydrogen) atoms. The Labute approximate surface area is 148 Å². The number of hydrogen-bond donors (Lipinski definition) is 1. The maximum atomic E-state index is 12.0. The van der Waals surface area contributed by atoms with Crippen LogP contribution in [0.3, 0.4) is 0 Å². The molecule has 2 rings (SSSR count). The van der Waals surface area contributed by atoms with Crippen LogP contribution in [0.1, 0.15) is 17.5 Å². The first-order valence-corrected chi connectivity index (χ1v) is 8.00. The van der Waals surface area contributed by atoms with Crippen molar-refractivity contribution in [3.8, 4) is 6.07 Å². The van der Waals surface area contributed by atoms with E-state index in [1.165, 1.54) is 18.7 Å². The number of aromatic nitrogens is 2. The van der Waals surface area contributed by atoms with Gasteiger partial charge in [0.1, 0.15) is 11.9 Å². The molecule has 1 aromatic carbocycles. The van der Waals surface area contributed by atoms with Crippen LogP contribution in [0.2, 0.25) is 10.0 Å². The lowest BCUT2D eigenvalue weighted by Gasteiger charge is -2.13. The topological polar surface area (TPSA) is 79.8 Å². The molecule has 0 atom stereocenters. The van der Waals surface area contributed by atoms with E-state index in [2.05, 4.69) is 5.32 Å². The standard InChI is InChI=1S/C16H16Cl2N4O2/c1-21-14(12(9-19)15(23)22(2)16(21)24)20-7-3-4-10-5-6-11(17)8-13(10)18/h5-6,8,20H,3-4,7H2,1-2H3. The van der Waals surface area contributed by atoms with Gasteiger partial charge >= 0.3 is 5.69 Å². The highest BCUT2D eigenvalue weighted by Gasteiger charge is 2.14. The quantitative estimate of drug-likeness (QED) is 0.823. The van der Waals surface area contributed by atoms with Crippen molar-refractivity contribution in [1.29, 1.82) is 5.26 Å². The molecule has 0 fully saturated rings. The van der Waals surface area contributed by atoms with Crippen molar-refractivity contribution in [3.05, 3.63) is 60.2 Å². The van der Waals surface area contributed by atoms with E-state index in [1.807, 2.05) is 12.1 Å². The summed E-state index contributed by atoms with van der Waals surface area (Å²) in [6, 6.07) is 7.17. The number of rotatable bonds is 5. The third-order valence-corrected chi connectivity index (χ3v) is 4.29. The van der Waals surface area contributed by atoms with Crippen molar-refractivity contribution in [2.24, 2.45) is 14.1 Å². The molecule has 0 aliphatic heterocycles. The lowest BCUT2D eigenvalue weighted by atomic mass is 10.1. The number of nitrogens with one attached hydrogen (secondary N) is 1. The summed E-state index contributed by atoms with van der Waals surface area (Å²) in [4.78, 5) is 23.9. The fourth-order valence-electron chi connectivity index (χ4n) is 2.36. The zero-order valence-electron chi connectivity index (χ0n) is 13.3. The highest BCUT2D eigenvalue weighted by molar-refractivity contribution is 6.35. The minimum Gasteiger partial charge on any atom is -0.370 e. The molecule has 8 heteroatoms. The smallest absolute Gasteiger partial charge is 0.332 e. The molecule has 0 saturated carbocycles. The summed E-state index contributed by atoms with van der Waals surface area (Å²) in [6.45, 7) is 0.480. The Balaban J connectivity index is 2.12. The third-order valence-electron chi connectivity index (χ3n) is 3.71. The number of nitrogens with zero attached hydrogens (tertiary/aromatic N) is 3.